The summed E-state index contributed by atoms with van der Waals surface area (Å²) in [6.45, 7) is 8.13. The molecule has 0 unspecified atom stereocenters. The molecule has 5 nitrogen and oxygen atoms in total. The Bertz CT molecular complexity index is 938. The van der Waals surface area contributed by atoms with E-state index in [0.717, 1.165) is 47.5 Å². The second kappa shape index (κ2) is 8.54. The number of carbonyl (C=O) groups excluding carboxylic acids is 1. The van der Waals surface area contributed by atoms with Gasteiger partial charge in [0.05, 0.1) is 6.21 Å². The first kappa shape index (κ1) is 18.7. The smallest absolute Gasteiger partial charge is 0.271 e. The number of hydrogen-bond donors (Lipinski definition) is 1. The fourth-order valence-electron chi connectivity index (χ4n) is 3.15. The number of furan rings is 1. The molecule has 1 aromatic heterocycles. The van der Waals surface area contributed by atoms with E-state index in [4.69, 9.17) is 4.42 Å². The lowest BCUT2D eigenvalue weighted by atomic mass is 10.1. The third-order valence-corrected chi connectivity index (χ3v) is 4.65. The summed E-state index contributed by atoms with van der Waals surface area (Å²) in [5.41, 5.74) is 6.03. The van der Waals surface area contributed by atoms with Gasteiger partial charge in [-0.3, -0.25) is 4.79 Å². The van der Waals surface area contributed by atoms with E-state index < -0.39 is 0 Å². The van der Waals surface area contributed by atoms with Gasteiger partial charge in [-0.2, -0.15) is 5.10 Å². The maximum atomic E-state index is 12.3. The molecule has 0 saturated carbocycles. The SMILES string of the molecule is CCc1oc2ccccc2c1/C=N\NC(=O)c1ccc(N(CC)CC)cc1. The Morgan fingerprint density at radius 1 is 1.07 bits per heavy atom. The Morgan fingerprint density at radius 2 is 1.78 bits per heavy atom. The standard InChI is InChI=1S/C22H25N3O2/c1-4-20-19(18-9-7-8-10-21(18)27-20)15-23-24-22(26)16-11-13-17(14-12-16)25(5-2)6-3/h7-15H,4-6H2,1-3H3,(H,24,26)/b23-15-. The largest absolute Gasteiger partial charge is 0.460 e. The number of nitrogens with zero attached hydrogens (tertiary/aromatic N) is 2. The first-order chi connectivity index (χ1) is 13.2. The van der Waals surface area contributed by atoms with Crippen molar-refractivity contribution in [2.45, 2.75) is 27.2 Å². The van der Waals surface area contributed by atoms with Gasteiger partial charge in [0.1, 0.15) is 11.3 Å². The summed E-state index contributed by atoms with van der Waals surface area (Å²) in [6.07, 6.45) is 2.42. The lowest BCUT2D eigenvalue weighted by molar-refractivity contribution is 0.0955. The van der Waals surface area contributed by atoms with Gasteiger partial charge in [-0.25, -0.2) is 5.43 Å². The molecule has 140 valence electrons. The zero-order chi connectivity index (χ0) is 19.2. The molecule has 0 radical (unpaired) electrons. The molecule has 5 heteroatoms. The number of amides is 1. The lowest BCUT2D eigenvalue weighted by Gasteiger charge is -2.20. The van der Waals surface area contributed by atoms with E-state index in [-0.39, 0.29) is 5.91 Å². The number of benzene rings is 2. The van der Waals surface area contributed by atoms with Crippen molar-refractivity contribution in [3.8, 4) is 0 Å². The number of rotatable bonds is 7. The predicted octanol–water partition coefficient (Wildman–Crippen LogP) is 4.61. The second-order valence-electron chi connectivity index (χ2n) is 6.21. The third kappa shape index (κ3) is 4.03. The van der Waals surface area contributed by atoms with Crippen LogP contribution in [0.15, 0.2) is 58.0 Å². The van der Waals surface area contributed by atoms with Gasteiger partial charge < -0.3 is 9.32 Å². The van der Waals surface area contributed by atoms with Crippen LogP contribution in [0.5, 0.6) is 0 Å². The first-order valence-electron chi connectivity index (χ1n) is 9.36. The summed E-state index contributed by atoms with van der Waals surface area (Å²) in [5, 5.41) is 5.14. The van der Waals surface area contributed by atoms with Crippen molar-refractivity contribution in [2.24, 2.45) is 5.10 Å². The number of carbonyl (C=O) groups is 1. The van der Waals surface area contributed by atoms with E-state index in [0.29, 0.717) is 5.56 Å². The minimum atomic E-state index is -0.233. The molecule has 0 fully saturated rings. The molecule has 0 aliphatic carbocycles. The van der Waals surface area contributed by atoms with Gasteiger partial charge in [-0.05, 0) is 44.2 Å². The Morgan fingerprint density at radius 3 is 2.44 bits per heavy atom. The molecule has 27 heavy (non-hydrogen) atoms. The molecular weight excluding hydrogens is 338 g/mol. The second-order valence-corrected chi connectivity index (χ2v) is 6.21. The van der Waals surface area contributed by atoms with E-state index in [9.17, 15) is 4.79 Å². The van der Waals surface area contributed by atoms with Gasteiger partial charge in [0.15, 0.2) is 0 Å². The van der Waals surface area contributed by atoms with Gasteiger partial charge in [-0.15, -0.1) is 0 Å². The van der Waals surface area contributed by atoms with Gasteiger partial charge in [0.25, 0.3) is 5.91 Å². The van der Waals surface area contributed by atoms with Crippen molar-refractivity contribution in [1.82, 2.24) is 5.43 Å². The maximum Gasteiger partial charge on any atom is 0.271 e. The van der Waals surface area contributed by atoms with E-state index in [1.165, 1.54) is 0 Å². The number of aryl methyl sites for hydroxylation is 1. The fraction of sp³-hybridized carbons (Fsp3) is 0.273. The molecule has 0 spiro atoms. The molecule has 0 aliphatic rings. The van der Waals surface area contributed by atoms with Crippen LogP contribution in [0.4, 0.5) is 5.69 Å². The molecular formula is C22H25N3O2. The van der Waals surface area contributed by atoms with Crippen molar-refractivity contribution in [3.63, 3.8) is 0 Å². The number of fused-ring (bicyclic) bond motifs is 1. The van der Waals surface area contributed by atoms with Crippen molar-refractivity contribution < 1.29 is 9.21 Å². The van der Waals surface area contributed by atoms with Crippen LogP contribution in [-0.2, 0) is 6.42 Å². The number of para-hydroxylation sites is 1. The molecule has 0 saturated heterocycles. The van der Waals surface area contributed by atoms with Crippen LogP contribution in [0.1, 0.15) is 42.5 Å². The van der Waals surface area contributed by atoms with Crippen molar-refractivity contribution in [2.75, 3.05) is 18.0 Å². The first-order valence-corrected chi connectivity index (χ1v) is 9.36. The molecule has 1 heterocycles. The molecule has 3 rings (SSSR count). The normalized spacial score (nSPS) is 11.2. The highest BCUT2D eigenvalue weighted by atomic mass is 16.3. The van der Waals surface area contributed by atoms with Gasteiger partial charge in [0.2, 0.25) is 0 Å². The average molecular weight is 363 g/mol. The summed E-state index contributed by atoms with van der Waals surface area (Å²) >= 11 is 0. The summed E-state index contributed by atoms with van der Waals surface area (Å²) in [4.78, 5) is 14.6. The van der Waals surface area contributed by atoms with E-state index in [1.54, 1.807) is 6.21 Å². The minimum Gasteiger partial charge on any atom is -0.460 e. The van der Waals surface area contributed by atoms with Crippen LogP contribution in [0.3, 0.4) is 0 Å². The highest BCUT2D eigenvalue weighted by Crippen LogP contribution is 2.24. The average Bonchev–Trinajstić information content (AvgIpc) is 3.07. The highest BCUT2D eigenvalue weighted by molar-refractivity contribution is 6.00. The van der Waals surface area contributed by atoms with E-state index in [1.807, 2.05) is 55.5 Å². The van der Waals surface area contributed by atoms with Crippen LogP contribution in [0, 0.1) is 0 Å². The van der Waals surface area contributed by atoms with Crippen LogP contribution in [0.2, 0.25) is 0 Å². The minimum absolute atomic E-state index is 0.233. The summed E-state index contributed by atoms with van der Waals surface area (Å²) < 4.78 is 5.84. The van der Waals surface area contributed by atoms with Gasteiger partial charge in [-0.1, -0.05) is 25.1 Å². The number of hydrazone groups is 1. The van der Waals surface area contributed by atoms with Crippen molar-refractivity contribution >= 4 is 28.8 Å². The summed E-state index contributed by atoms with van der Waals surface area (Å²) in [6, 6.07) is 15.4. The molecule has 1 amide bonds. The van der Waals surface area contributed by atoms with E-state index in [2.05, 4.69) is 29.3 Å². The zero-order valence-corrected chi connectivity index (χ0v) is 16.0. The third-order valence-electron chi connectivity index (χ3n) is 4.65. The van der Waals surface area contributed by atoms with Crippen LogP contribution in [-0.4, -0.2) is 25.2 Å². The summed E-state index contributed by atoms with van der Waals surface area (Å²) in [7, 11) is 0. The van der Waals surface area contributed by atoms with Crippen LogP contribution in [0.25, 0.3) is 11.0 Å². The molecule has 0 bridgehead atoms. The Kier molecular flexibility index (Phi) is 5.91. The molecule has 3 aromatic rings. The Hall–Kier alpha value is -3.08. The van der Waals surface area contributed by atoms with Gasteiger partial charge >= 0.3 is 0 Å². The number of hydrogen-bond acceptors (Lipinski definition) is 4. The molecule has 0 aliphatic heterocycles. The van der Waals surface area contributed by atoms with Gasteiger partial charge in [0, 0.05) is 41.7 Å². The van der Waals surface area contributed by atoms with Crippen molar-refractivity contribution in [1.29, 1.82) is 0 Å². The lowest BCUT2D eigenvalue weighted by Crippen LogP contribution is -2.22. The fourth-order valence-corrected chi connectivity index (χ4v) is 3.15. The quantitative estimate of drug-likeness (QED) is 0.493. The molecule has 2 aromatic carbocycles. The maximum absolute atomic E-state index is 12.3. The van der Waals surface area contributed by atoms with Crippen LogP contribution >= 0.6 is 0 Å². The Labute approximate surface area is 159 Å². The predicted molar refractivity (Wildman–Crippen MR) is 111 cm³/mol. The van der Waals surface area contributed by atoms with E-state index >= 15 is 0 Å². The topological polar surface area (TPSA) is 57.8 Å². The summed E-state index contributed by atoms with van der Waals surface area (Å²) in [5.74, 6) is 0.626. The number of anilines is 1. The number of nitrogens with one attached hydrogen (secondary N) is 1. The Balaban J connectivity index is 1.72. The molecule has 1 N–H and O–H groups in total. The monoisotopic (exact) mass is 363 g/mol. The highest BCUT2D eigenvalue weighted by Gasteiger charge is 2.11. The zero-order valence-electron chi connectivity index (χ0n) is 16.0. The van der Waals surface area contributed by atoms with Crippen molar-refractivity contribution in [3.05, 3.63) is 65.4 Å². The van der Waals surface area contributed by atoms with Crippen LogP contribution < -0.4 is 10.3 Å². The molecule has 0 atom stereocenters.